The maximum Gasteiger partial charge on any atom is 0.260 e. The Morgan fingerprint density at radius 2 is 1.89 bits per heavy atom. The van der Waals surface area contributed by atoms with Crippen molar-refractivity contribution in [1.82, 2.24) is 5.32 Å². The zero-order chi connectivity index (χ0) is 13.5. The molecular formula is C14H21NO3. The molecule has 1 aromatic rings. The van der Waals surface area contributed by atoms with E-state index in [2.05, 4.69) is 5.32 Å². The minimum absolute atomic E-state index is 0.121. The monoisotopic (exact) mass is 251 g/mol. The number of ether oxygens (including phenoxy) is 1. The largest absolute Gasteiger partial charge is 0.481 e. The number of rotatable bonds is 6. The Morgan fingerprint density at radius 3 is 2.44 bits per heavy atom. The second-order valence-corrected chi connectivity index (χ2v) is 4.63. The van der Waals surface area contributed by atoms with Crippen LogP contribution in [0.2, 0.25) is 0 Å². The van der Waals surface area contributed by atoms with Gasteiger partial charge in [0.25, 0.3) is 5.91 Å². The lowest BCUT2D eigenvalue weighted by Gasteiger charge is -2.18. The van der Waals surface area contributed by atoms with Crippen molar-refractivity contribution in [3.05, 3.63) is 30.3 Å². The van der Waals surface area contributed by atoms with E-state index in [-0.39, 0.29) is 18.4 Å². The molecule has 0 aliphatic heterocycles. The van der Waals surface area contributed by atoms with E-state index in [4.69, 9.17) is 4.74 Å². The molecule has 1 rings (SSSR count). The van der Waals surface area contributed by atoms with Crippen LogP contribution in [0.15, 0.2) is 30.3 Å². The topological polar surface area (TPSA) is 58.6 Å². The molecule has 18 heavy (non-hydrogen) atoms. The molecule has 0 aliphatic rings. The van der Waals surface area contributed by atoms with Gasteiger partial charge in [-0.05, 0) is 25.0 Å². The van der Waals surface area contributed by atoms with Crippen LogP contribution in [0.25, 0.3) is 0 Å². The number of nitrogens with one attached hydrogen (secondary N) is 1. The van der Waals surface area contributed by atoms with Gasteiger partial charge < -0.3 is 15.2 Å². The van der Waals surface area contributed by atoms with E-state index in [1.807, 2.05) is 32.0 Å². The number of aliphatic hydroxyl groups excluding tert-OH is 1. The third-order valence-corrected chi connectivity index (χ3v) is 2.68. The van der Waals surface area contributed by atoms with Crippen LogP contribution in [0.1, 0.15) is 20.8 Å². The van der Waals surface area contributed by atoms with E-state index in [1.54, 1.807) is 19.1 Å². The highest BCUT2D eigenvalue weighted by Crippen LogP contribution is 2.10. The van der Waals surface area contributed by atoms with Crippen molar-refractivity contribution < 1.29 is 14.6 Å². The highest BCUT2D eigenvalue weighted by Gasteiger charge is 2.16. The number of hydrogen-bond acceptors (Lipinski definition) is 3. The Morgan fingerprint density at radius 1 is 1.28 bits per heavy atom. The lowest BCUT2D eigenvalue weighted by Crippen LogP contribution is -2.41. The van der Waals surface area contributed by atoms with E-state index < -0.39 is 12.2 Å². The van der Waals surface area contributed by atoms with Crippen molar-refractivity contribution in [2.45, 2.75) is 33.0 Å². The average Bonchev–Trinajstić information content (AvgIpc) is 2.36. The standard InChI is InChI=1S/C14H21NO3/c1-10(2)13(16)9-15-14(17)11(3)18-12-7-5-4-6-8-12/h4-8,10-11,13,16H,9H2,1-3H3,(H,15,17). The fourth-order valence-electron chi connectivity index (χ4n) is 1.34. The molecule has 0 saturated carbocycles. The number of aliphatic hydroxyl groups is 1. The van der Waals surface area contributed by atoms with Crippen molar-refractivity contribution in [2.24, 2.45) is 5.92 Å². The molecule has 4 heteroatoms. The first-order valence-corrected chi connectivity index (χ1v) is 6.18. The predicted molar refractivity (Wildman–Crippen MR) is 70.4 cm³/mol. The highest BCUT2D eigenvalue weighted by atomic mass is 16.5. The molecular weight excluding hydrogens is 230 g/mol. The van der Waals surface area contributed by atoms with Gasteiger partial charge in [-0.1, -0.05) is 32.0 Å². The predicted octanol–water partition coefficient (Wildman–Crippen LogP) is 1.59. The minimum atomic E-state index is -0.577. The van der Waals surface area contributed by atoms with Crippen LogP contribution < -0.4 is 10.1 Å². The van der Waals surface area contributed by atoms with Crippen LogP contribution in [-0.4, -0.2) is 29.8 Å². The van der Waals surface area contributed by atoms with Crippen LogP contribution in [0.4, 0.5) is 0 Å². The summed E-state index contributed by atoms with van der Waals surface area (Å²) >= 11 is 0. The number of benzene rings is 1. The van der Waals surface area contributed by atoms with E-state index >= 15 is 0 Å². The van der Waals surface area contributed by atoms with Gasteiger partial charge in [-0.3, -0.25) is 4.79 Å². The summed E-state index contributed by atoms with van der Waals surface area (Å²) in [5, 5.41) is 12.3. The number of carbonyl (C=O) groups excluding carboxylic acids is 1. The lowest BCUT2D eigenvalue weighted by molar-refractivity contribution is -0.127. The fourth-order valence-corrected chi connectivity index (χ4v) is 1.34. The molecule has 0 spiro atoms. The maximum atomic E-state index is 11.7. The molecule has 1 amide bonds. The fraction of sp³-hybridized carbons (Fsp3) is 0.500. The summed E-state index contributed by atoms with van der Waals surface area (Å²) in [4.78, 5) is 11.7. The van der Waals surface area contributed by atoms with E-state index in [9.17, 15) is 9.90 Å². The van der Waals surface area contributed by atoms with Crippen LogP contribution >= 0.6 is 0 Å². The molecule has 2 atom stereocenters. The number of carbonyl (C=O) groups is 1. The van der Waals surface area contributed by atoms with Crippen LogP contribution in [0.3, 0.4) is 0 Å². The van der Waals surface area contributed by atoms with Gasteiger partial charge in [-0.25, -0.2) is 0 Å². The van der Waals surface area contributed by atoms with Gasteiger partial charge in [-0.15, -0.1) is 0 Å². The normalized spacial score (nSPS) is 14.1. The van der Waals surface area contributed by atoms with E-state index in [0.29, 0.717) is 5.75 Å². The van der Waals surface area contributed by atoms with Crippen molar-refractivity contribution in [1.29, 1.82) is 0 Å². The molecule has 0 radical (unpaired) electrons. The van der Waals surface area contributed by atoms with Crippen molar-refractivity contribution >= 4 is 5.91 Å². The summed E-state index contributed by atoms with van der Waals surface area (Å²) in [5.41, 5.74) is 0. The molecule has 2 unspecified atom stereocenters. The summed E-state index contributed by atoms with van der Waals surface area (Å²) < 4.78 is 5.48. The Balaban J connectivity index is 2.38. The first-order chi connectivity index (χ1) is 8.50. The van der Waals surface area contributed by atoms with Crippen molar-refractivity contribution in [3.8, 4) is 5.75 Å². The van der Waals surface area contributed by atoms with Gasteiger partial charge in [0.2, 0.25) is 0 Å². The second-order valence-electron chi connectivity index (χ2n) is 4.63. The van der Waals surface area contributed by atoms with Crippen LogP contribution in [0.5, 0.6) is 5.75 Å². The van der Waals surface area contributed by atoms with E-state index in [0.717, 1.165) is 0 Å². The molecule has 2 N–H and O–H groups in total. The summed E-state index contributed by atoms with van der Waals surface area (Å²) in [5.74, 6) is 0.554. The van der Waals surface area contributed by atoms with Crippen molar-refractivity contribution in [2.75, 3.05) is 6.54 Å². The first-order valence-electron chi connectivity index (χ1n) is 6.18. The maximum absolute atomic E-state index is 11.7. The van der Waals surface area contributed by atoms with Gasteiger partial charge in [0.1, 0.15) is 5.75 Å². The minimum Gasteiger partial charge on any atom is -0.481 e. The number of para-hydroxylation sites is 1. The first kappa shape index (κ1) is 14.5. The van der Waals surface area contributed by atoms with Crippen LogP contribution in [0, 0.1) is 5.92 Å². The summed E-state index contributed by atoms with van der Waals surface area (Å²) in [7, 11) is 0. The zero-order valence-corrected chi connectivity index (χ0v) is 11.1. The number of amides is 1. The summed E-state index contributed by atoms with van der Waals surface area (Å²) in [6, 6.07) is 9.18. The van der Waals surface area contributed by atoms with Crippen molar-refractivity contribution in [3.63, 3.8) is 0 Å². The molecule has 1 aromatic carbocycles. The summed E-state index contributed by atoms with van der Waals surface area (Å²) in [6.45, 7) is 5.74. The molecule has 100 valence electrons. The van der Waals surface area contributed by atoms with Gasteiger partial charge in [0.05, 0.1) is 6.10 Å². The third-order valence-electron chi connectivity index (χ3n) is 2.68. The van der Waals surface area contributed by atoms with Gasteiger partial charge in [0.15, 0.2) is 6.10 Å². The molecule has 0 saturated heterocycles. The Hall–Kier alpha value is -1.55. The molecule has 0 fully saturated rings. The molecule has 0 aliphatic carbocycles. The Labute approximate surface area is 108 Å². The molecule has 0 bridgehead atoms. The SMILES string of the molecule is CC(Oc1ccccc1)C(=O)NCC(O)C(C)C. The third kappa shape index (κ3) is 4.75. The Kier molecular flexibility index (Phi) is 5.65. The van der Waals surface area contributed by atoms with Gasteiger partial charge in [-0.2, -0.15) is 0 Å². The number of hydrogen-bond donors (Lipinski definition) is 2. The molecule has 0 aromatic heterocycles. The molecule has 0 heterocycles. The lowest BCUT2D eigenvalue weighted by atomic mass is 10.1. The van der Waals surface area contributed by atoms with Gasteiger partial charge in [0, 0.05) is 6.54 Å². The Bertz CT molecular complexity index is 365. The smallest absolute Gasteiger partial charge is 0.260 e. The van der Waals surface area contributed by atoms with Crippen LogP contribution in [-0.2, 0) is 4.79 Å². The van der Waals surface area contributed by atoms with Gasteiger partial charge >= 0.3 is 0 Å². The summed E-state index contributed by atoms with van der Waals surface area (Å²) in [6.07, 6.45) is -1.11. The molecule has 4 nitrogen and oxygen atoms in total. The highest BCUT2D eigenvalue weighted by molar-refractivity contribution is 5.80. The second kappa shape index (κ2) is 7.01. The zero-order valence-electron chi connectivity index (χ0n) is 11.1. The average molecular weight is 251 g/mol. The van der Waals surface area contributed by atoms with E-state index in [1.165, 1.54) is 0 Å². The quantitative estimate of drug-likeness (QED) is 0.807.